The summed E-state index contributed by atoms with van der Waals surface area (Å²) in [5.74, 6) is -0.0764. The standard InChI is InChI=1S/C17H19F/c1-2-3-5-11-16-15(12-8-13-17(16)18)14-9-6-4-7-10-14/h4,6-10,12-13H,2-3,5,11H2,1H3. The highest BCUT2D eigenvalue weighted by molar-refractivity contribution is 5.67. The van der Waals surface area contributed by atoms with Crippen LogP contribution in [0.3, 0.4) is 0 Å². The Balaban J connectivity index is 2.32. The molecule has 0 atom stereocenters. The molecule has 0 aliphatic heterocycles. The first-order valence-corrected chi connectivity index (χ1v) is 6.65. The molecule has 0 heterocycles. The second-order valence-corrected chi connectivity index (χ2v) is 4.59. The summed E-state index contributed by atoms with van der Waals surface area (Å²) >= 11 is 0. The molecule has 2 aromatic carbocycles. The van der Waals surface area contributed by atoms with Gasteiger partial charge in [-0.25, -0.2) is 4.39 Å². The third-order valence-electron chi connectivity index (χ3n) is 3.23. The Morgan fingerprint density at radius 1 is 0.889 bits per heavy atom. The van der Waals surface area contributed by atoms with Gasteiger partial charge in [0.15, 0.2) is 0 Å². The molecule has 94 valence electrons. The fourth-order valence-corrected chi connectivity index (χ4v) is 2.25. The van der Waals surface area contributed by atoms with Crippen molar-refractivity contribution in [3.8, 4) is 11.1 Å². The van der Waals surface area contributed by atoms with Gasteiger partial charge in [-0.1, -0.05) is 62.2 Å². The maximum atomic E-state index is 14.0. The number of benzene rings is 2. The molecular weight excluding hydrogens is 223 g/mol. The Morgan fingerprint density at radius 3 is 2.39 bits per heavy atom. The summed E-state index contributed by atoms with van der Waals surface area (Å²) in [5, 5.41) is 0. The minimum atomic E-state index is -0.0764. The van der Waals surface area contributed by atoms with Gasteiger partial charge in [0, 0.05) is 0 Å². The highest BCUT2D eigenvalue weighted by atomic mass is 19.1. The molecule has 0 spiro atoms. The zero-order valence-corrected chi connectivity index (χ0v) is 10.8. The number of hydrogen-bond acceptors (Lipinski definition) is 0. The van der Waals surface area contributed by atoms with E-state index in [4.69, 9.17) is 0 Å². The quantitative estimate of drug-likeness (QED) is 0.630. The van der Waals surface area contributed by atoms with Crippen molar-refractivity contribution < 1.29 is 4.39 Å². The summed E-state index contributed by atoms with van der Waals surface area (Å²) < 4.78 is 14.0. The number of unbranched alkanes of at least 4 members (excludes halogenated alkanes) is 2. The summed E-state index contributed by atoms with van der Waals surface area (Å²) in [6.45, 7) is 2.17. The molecule has 0 saturated heterocycles. The van der Waals surface area contributed by atoms with Crippen LogP contribution in [0.2, 0.25) is 0 Å². The van der Waals surface area contributed by atoms with Gasteiger partial charge in [-0.2, -0.15) is 0 Å². The van der Waals surface area contributed by atoms with Crippen molar-refractivity contribution in [1.82, 2.24) is 0 Å². The van der Waals surface area contributed by atoms with Crippen LogP contribution >= 0.6 is 0 Å². The number of hydrogen-bond donors (Lipinski definition) is 0. The Morgan fingerprint density at radius 2 is 1.67 bits per heavy atom. The monoisotopic (exact) mass is 242 g/mol. The summed E-state index contributed by atoms with van der Waals surface area (Å²) in [5.41, 5.74) is 2.99. The molecule has 0 unspecified atom stereocenters. The molecule has 0 N–H and O–H groups in total. The second-order valence-electron chi connectivity index (χ2n) is 4.59. The average Bonchev–Trinajstić information content (AvgIpc) is 2.42. The van der Waals surface area contributed by atoms with Gasteiger partial charge in [-0.05, 0) is 35.6 Å². The molecule has 0 bridgehead atoms. The SMILES string of the molecule is CCCCCc1c(F)cccc1-c1ccccc1. The lowest BCUT2D eigenvalue weighted by molar-refractivity contribution is 0.600. The van der Waals surface area contributed by atoms with Crippen LogP contribution < -0.4 is 0 Å². The normalized spacial score (nSPS) is 10.6. The van der Waals surface area contributed by atoms with Gasteiger partial charge in [-0.15, -0.1) is 0 Å². The molecule has 18 heavy (non-hydrogen) atoms. The zero-order valence-electron chi connectivity index (χ0n) is 10.8. The summed E-state index contributed by atoms with van der Waals surface area (Å²) in [6.07, 6.45) is 4.19. The topological polar surface area (TPSA) is 0 Å². The van der Waals surface area contributed by atoms with E-state index in [1.54, 1.807) is 12.1 Å². The molecule has 2 aromatic rings. The Labute approximate surface area is 108 Å². The number of halogens is 1. The summed E-state index contributed by atoms with van der Waals surface area (Å²) in [7, 11) is 0. The minimum Gasteiger partial charge on any atom is -0.207 e. The van der Waals surface area contributed by atoms with Crippen molar-refractivity contribution in [2.45, 2.75) is 32.6 Å². The largest absolute Gasteiger partial charge is 0.207 e. The van der Waals surface area contributed by atoms with E-state index in [-0.39, 0.29) is 5.82 Å². The molecule has 0 amide bonds. The highest BCUT2D eigenvalue weighted by Crippen LogP contribution is 2.27. The van der Waals surface area contributed by atoms with Crippen LogP contribution in [-0.4, -0.2) is 0 Å². The van der Waals surface area contributed by atoms with Crippen LogP contribution in [0.15, 0.2) is 48.5 Å². The Hall–Kier alpha value is -1.63. The second kappa shape index (κ2) is 6.34. The first-order chi connectivity index (χ1) is 8.83. The lowest BCUT2D eigenvalue weighted by Gasteiger charge is -2.10. The van der Waals surface area contributed by atoms with E-state index in [1.165, 1.54) is 0 Å². The van der Waals surface area contributed by atoms with Crippen LogP contribution in [0, 0.1) is 5.82 Å². The lowest BCUT2D eigenvalue weighted by Crippen LogP contribution is -1.95. The van der Waals surface area contributed by atoms with Crippen molar-refractivity contribution in [3.05, 3.63) is 59.9 Å². The molecule has 0 fully saturated rings. The minimum absolute atomic E-state index is 0.0764. The van der Waals surface area contributed by atoms with Crippen molar-refractivity contribution >= 4 is 0 Å². The van der Waals surface area contributed by atoms with Crippen LogP contribution in [0.1, 0.15) is 31.7 Å². The van der Waals surface area contributed by atoms with Crippen molar-refractivity contribution in [3.63, 3.8) is 0 Å². The van der Waals surface area contributed by atoms with E-state index in [9.17, 15) is 4.39 Å². The molecule has 0 saturated carbocycles. The molecule has 0 nitrogen and oxygen atoms in total. The first kappa shape index (κ1) is 12.8. The van der Waals surface area contributed by atoms with E-state index in [2.05, 4.69) is 6.92 Å². The fourth-order valence-electron chi connectivity index (χ4n) is 2.25. The predicted octanol–water partition coefficient (Wildman–Crippen LogP) is 5.23. The molecule has 0 radical (unpaired) electrons. The first-order valence-electron chi connectivity index (χ1n) is 6.65. The molecule has 0 aliphatic carbocycles. The highest BCUT2D eigenvalue weighted by Gasteiger charge is 2.09. The molecule has 0 aromatic heterocycles. The molecule has 1 heteroatoms. The Kier molecular flexibility index (Phi) is 4.52. The predicted molar refractivity (Wildman–Crippen MR) is 75.1 cm³/mol. The van der Waals surface area contributed by atoms with Crippen LogP contribution in [0.5, 0.6) is 0 Å². The van der Waals surface area contributed by atoms with Crippen molar-refractivity contribution in [2.24, 2.45) is 0 Å². The van der Waals surface area contributed by atoms with Crippen LogP contribution in [-0.2, 0) is 6.42 Å². The van der Waals surface area contributed by atoms with Gasteiger partial charge >= 0.3 is 0 Å². The number of rotatable bonds is 5. The average molecular weight is 242 g/mol. The maximum Gasteiger partial charge on any atom is 0.127 e. The Bertz CT molecular complexity index is 488. The van der Waals surface area contributed by atoms with E-state index >= 15 is 0 Å². The smallest absolute Gasteiger partial charge is 0.127 e. The van der Waals surface area contributed by atoms with E-state index in [0.717, 1.165) is 42.4 Å². The van der Waals surface area contributed by atoms with Crippen LogP contribution in [0.4, 0.5) is 4.39 Å². The fraction of sp³-hybridized carbons (Fsp3) is 0.294. The van der Waals surface area contributed by atoms with Gasteiger partial charge in [0.1, 0.15) is 5.82 Å². The van der Waals surface area contributed by atoms with Crippen molar-refractivity contribution in [2.75, 3.05) is 0 Å². The molecular formula is C17H19F. The lowest BCUT2D eigenvalue weighted by atomic mass is 9.95. The van der Waals surface area contributed by atoms with Gasteiger partial charge in [0.05, 0.1) is 0 Å². The third kappa shape index (κ3) is 2.98. The van der Waals surface area contributed by atoms with E-state index in [1.807, 2.05) is 36.4 Å². The van der Waals surface area contributed by atoms with E-state index < -0.39 is 0 Å². The van der Waals surface area contributed by atoms with Crippen molar-refractivity contribution in [1.29, 1.82) is 0 Å². The van der Waals surface area contributed by atoms with Gasteiger partial charge < -0.3 is 0 Å². The maximum absolute atomic E-state index is 14.0. The zero-order chi connectivity index (χ0) is 12.8. The summed E-state index contributed by atoms with van der Waals surface area (Å²) in [6, 6.07) is 15.4. The third-order valence-corrected chi connectivity index (χ3v) is 3.23. The van der Waals surface area contributed by atoms with E-state index in [0.29, 0.717) is 0 Å². The molecule has 2 rings (SSSR count). The van der Waals surface area contributed by atoms with Gasteiger partial charge in [0.2, 0.25) is 0 Å². The van der Waals surface area contributed by atoms with Gasteiger partial charge in [0.25, 0.3) is 0 Å². The summed E-state index contributed by atoms with van der Waals surface area (Å²) in [4.78, 5) is 0. The van der Waals surface area contributed by atoms with Crippen LogP contribution in [0.25, 0.3) is 11.1 Å². The van der Waals surface area contributed by atoms with Gasteiger partial charge in [-0.3, -0.25) is 0 Å². The molecule has 0 aliphatic rings.